The Balaban J connectivity index is 1.38. The van der Waals surface area contributed by atoms with Gasteiger partial charge in [0.15, 0.2) is 0 Å². The molecule has 1 N–H and O–H groups in total. The van der Waals surface area contributed by atoms with Gasteiger partial charge < -0.3 is 9.64 Å². The third-order valence-electron chi connectivity index (χ3n) is 7.30. The molecule has 2 aromatic rings. The highest BCUT2D eigenvalue weighted by molar-refractivity contribution is 7.89. The smallest absolute Gasteiger partial charge is 0.269 e. The summed E-state index contributed by atoms with van der Waals surface area (Å²) in [5, 5.41) is 2.37. The number of nitrogens with one attached hydrogen (secondary N) is 1. The number of nitrogens with zero attached hydrogens (tertiary/aromatic N) is 4. The summed E-state index contributed by atoms with van der Waals surface area (Å²) in [5.41, 5.74) is 5.33. The molecule has 2 aliphatic rings. The monoisotopic (exact) mass is 541 g/mol. The van der Waals surface area contributed by atoms with Gasteiger partial charge >= 0.3 is 0 Å². The van der Waals surface area contributed by atoms with Gasteiger partial charge in [-0.15, -0.1) is 4.91 Å². The molecule has 2 aliphatic heterocycles. The number of amides is 1. The summed E-state index contributed by atoms with van der Waals surface area (Å²) in [6, 6.07) is 15.2. The number of benzene rings is 2. The molecule has 38 heavy (non-hydrogen) atoms. The fourth-order valence-corrected chi connectivity index (χ4v) is 6.42. The van der Waals surface area contributed by atoms with Crippen LogP contribution in [-0.2, 0) is 19.6 Å². The average Bonchev–Trinajstić information content (AvgIpc) is 2.93. The van der Waals surface area contributed by atoms with Crippen LogP contribution in [0.25, 0.3) is 11.1 Å². The van der Waals surface area contributed by atoms with E-state index in [9.17, 15) is 18.1 Å². The lowest BCUT2D eigenvalue weighted by Gasteiger charge is -2.44. The lowest BCUT2D eigenvalue weighted by atomic mass is 10.0. The lowest BCUT2D eigenvalue weighted by molar-refractivity contribution is -0.117. The second-order valence-electron chi connectivity index (χ2n) is 10.2. The molecule has 1 fully saturated rings. The van der Waals surface area contributed by atoms with Gasteiger partial charge in [0.05, 0.1) is 16.8 Å². The molecule has 1 saturated heterocycles. The molecule has 0 aromatic heterocycles. The molecule has 4 rings (SSSR count). The van der Waals surface area contributed by atoms with Crippen molar-refractivity contribution in [1.82, 2.24) is 14.6 Å². The van der Waals surface area contributed by atoms with E-state index < -0.39 is 15.9 Å². The van der Waals surface area contributed by atoms with Crippen molar-refractivity contribution in [3.63, 3.8) is 0 Å². The number of hydrogen-bond donors (Lipinski definition) is 1. The van der Waals surface area contributed by atoms with Gasteiger partial charge in [0.25, 0.3) is 5.91 Å². The Morgan fingerprint density at radius 2 is 1.58 bits per heavy atom. The number of ether oxygens (including phenoxy) is 1. The van der Waals surface area contributed by atoms with Crippen LogP contribution in [0, 0.1) is 4.91 Å². The van der Waals surface area contributed by atoms with E-state index in [4.69, 9.17) is 4.74 Å². The molecule has 11 heteroatoms. The van der Waals surface area contributed by atoms with Crippen LogP contribution in [0.1, 0.15) is 20.3 Å². The average molecular weight is 542 g/mol. The maximum absolute atomic E-state index is 13.1. The molecule has 0 atom stereocenters. The van der Waals surface area contributed by atoms with Crippen LogP contribution in [0.15, 0.2) is 70.4 Å². The Hall–Kier alpha value is -3.12. The lowest BCUT2D eigenvalue weighted by Crippen LogP contribution is -2.56. The van der Waals surface area contributed by atoms with Crippen LogP contribution >= 0.6 is 0 Å². The van der Waals surface area contributed by atoms with Crippen LogP contribution < -0.4 is 10.3 Å². The van der Waals surface area contributed by atoms with Crippen molar-refractivity contribution in [2.24, 2.45) is 5.29 Å². The quantitative estimate of drug-likeness (QED) is 0.384. The zero-order valence-corrected chi connectivity index (χ0v) is 22.9. The normalized spacial score (nSPS) is 17.7. The summed E-state index contributed by atoms with van der Waals surface area (Å²) >= 11 is 0. The minimum absolute atomic E-state index is 0.0172. The van der Waals surface area contributed by atoms with Crippen molar-refractivity contribution in [2.45, 2.75) is 30.7 Å². The van der Waals surface area contributed by atoms with Crippen molar-refractivity contribution in [2.75, 3.05) is 57.9 Å². The summed E-state index contributed by atoms with van der Waals surface area (Å²) in [4.78, 5) is 27.0. The van der Waals surface area contributed by atoms with E-state index in [0.717, 1.165) is 37.3 Å². The second-order valence-corrected chi connectivity index (χ2v) is 12.1. The molecule has 0 unspecified atom stereocenters. The number of sulfonamides is 1. The number of anilines is 1. The van der Waals surface area contributed by atoms with Gasteiger partial charge in [-0.3, -0.25) is 9.69 Å². The first-order chi connectivity index (χ1) is 18.2. The van der Waals surface area contributed by atoms with Crippen molar-refractivity contribution >= 4 is 21.6 Å². The SMILES string of the molecule is COCC(C)(C)N1CCN(c2ccc(-c3ccc(S(=O)(=O)N4CC=C(C(=O)NN=O)CC4)cc3)cc2)CC1. The number of carbonyl (C=O) groups is 1. The molecule has 2 heterocycles. The van der Waals surface area contributed by atoms with E-state index in [1.54, 1.807) is 19.2 Å². The van der Waals surface area contributed by atoms with E-state index in [2.05, 4.69) is 53.2 Å². The van der Waals surface area contributed by atoms with E-state index in [1.807, 2.05) is 17.6 Å². The third kappa shape index (κ3) is 6.12. The number of rotatable bonds is 9. The number of carbonyl (C=O) groups excluding carboxylic acids is 1. The maximum atomic E-state index is 13.1. The van der Waals surface area contributed by atoms with Gasteiger partial charge in [-0.05, 0) is 55.7 Å². The van der Waals surface area contributed by atoms with Gasteiger partial charge in [-0.1, -0.05) is 30.3 Å². The summed E-state index contributed by atoms with van der Waals surface area (Å²) in [5.74, 6) is -0.597. The predicted octanol–water partition coefficient (Wildman–Crippen LogP) is 3.02. The zero-order valence-electron chi connectivity index (χ0n) is 22.1. The van der Waals surface area contributed by atoms with Crippen molar-refractivity contribution < 1.29 is 17.9 Å². The Kier molecular flexibility index (Phi) is 8.61. The molecule has 0 spiro atoms. The van der Waals surface area contributed by atoms with Crippen LogP contribution in [0.2, 0.25) is 0 Å². The van der Waals surface area contributed by atoms with Crippen LogP contribution in [0.4, 0.5) is 5.69 Å². The number of piperazine rings is 1. The highest BCUT2D eigenvalue weighted by Gasteiger charge is 2.30. The van der Waals surface area contributed by atoms with E-state index >= 15 is 0 Å². The Morgan fingerprint density at radius 3 is 2.11 bits per heavy atom. The molecule has 204 valence electrons. The van der Waals surface area contributed by atoms with Crippen molar-refractivity contribution in [3.05, 3.63) is 65.1 Å². The highest BCUT2D eigenvalue weighted by atomic mass is 32.2. The molecular formula is C27H35N5O5S. The highest BCUT2D eigenvalue weighted by Crippen LogP contribution is 2.28. The number of nitroso groups, excluding NO2 is 1. The van der Waals surface area contributed by atoms with Crippen LogP contribution in [0.5, 0.6) is 0 Å². The minimum atomic E-state index is -3.71. The molecule has 1 amide bonds. The Bertz CT molecular complexity index is 1270. The molecular weight excluding hydrogens is 506 g/mol. The van der Waals surface area contributed by atoms with E-state index in [0.29, 0.717) is 12.2 Å². The fraction of sp³-hybridized carbons (Fsp3) is 0.444. The van der Waals surface area contributed by atoms with E-state index in [-0.39, 0.29) is 29.9 Å². The molecule has 0 bridgehead atoms. The number of hydrogen-bond acceptors (Lipinski definition) is 8. The van der Waals surface area contributed by atoms with Crippen molar-refractivity contribution in [3.8, 4) is 11.1 Å². The number of methoxy groups -OCH3 is 1. The summed E-state index contributed by atoms with van der Waals surface area (Å²) in [7, 11) is -1.97. The predicted molar refractivity (Wildman–Crippen MR) is 147 cm³/mol. The second kappa shape index (κ2) is 11.7. The summed E-state index contributed by atoms with van der Waals surface area (Å²) in [6.07, 6.45) is 1.73. The Morgan fingerprint density at radius 1 is 0.974 bits per heavy atom. The first-order valence-corrected chi connectivity index (χ1v) is 14.1. The third-order valence-corrected chi connectivity index (χ3v) is 9.18. The minimum Gasteiger partial charge on any atom is -0.383 e. The van der Waals surface area contributed by atoms with Gasteiger partial charge in [0.2, 0.25) is 10.0 Å². The van der Waals surface area contributed by atoms with Gasteiger partial charge in [0, 0.05) is 63.2 Å². The summed E-state index contributed by atoms with van der Waals surface area (Å²) < 4.78 is 32.9. The van der Waals surface area contributed by atoms with Gasteiger partial charge in [0.1, 0.15) is 0 Å². The van der Waals surface area contributed by atoms with Gasteiger partial charge in [-0.25, -0.2) is 13.8 Å². The molecule has 0 saturated carbocycles. The topological polar surface area (TPSA) is 112 Å². The van der Waals surface area contributed by atoms with Crippen molar-refractivity contribution in [1.29, 1.82) is 0 Å². The van der Waals surface area contributed by atoms with Gasteiger partial charge in [-0.2, -0.15) is 4.31 Å². The summed E-state index contributed by atoms with van der Waals surface area (Å²) in [6.45, 7) is 9.20. The van der Waals surface area contributed by atoms with Crippen LogP contribution in [-0.4, -0.2) is 82.1 Å². The zero-order chi connectivity index (χ0) is 27.3. The van der Waals surface area contributed by atoms with E-state index in [1.165, 1.54) is 16.1 Å². The molecule has 2 aromatic carbocycles. The molecule has 10 nitrogen and oxygen atoms in total. The molecule has 0 aliphatic carbocycles. The first-order valence-electron chi connectivity index (χ1n) is 12.7. The Labute approximate surface area is 224 Å². The maximum Gasteiger partial charge on any atom is 0.269 e. The fourth-order valence-electron chi connectivity index (χ4n) is 5.04. The standard InChI is InChI=1S/C27H35N5O5S/c1-27(2,20-37-3)31-18-16-30(17-19-31)24-8-4-21(5-9-24)22-6-10-25(11-7-22)38(35,36)32-14-12-23(13-15-32)26(33)28-29-34/h4-12H,13-20H2,1-3H3,(H,28,33,34). The van der Waals surface area contributed by atoms with Crippen LogP contribution in [0.3, 0.4) is 0 Å². The largest absolute Gasteiger partial charge is 0.383 e. The molecule has 0 radical (unpaired) electrons. The first kappa shape index (κ1) is 27.9.